The predicted molar refractivity (Wildman–Crippen MR) is 57.7 cm³/mol. The Bertz CT molecular complexity index is 473. The van der Waals surface area contributed by atoms with E-state index in [1.807, 2.05) is 0 Å². The number of aliphatic hydroxyl groups excluding tert-OH is 2. The summed E-state index contributed by atoms with van der Waals surface area (Å²) in [5.74, 6) is 0.384. The molecule has 0 aliphatic carbocycles. The van der Waals surface area contributed by atoms with Crippen LogP contribution in [0.2, 0.25) is 0 Å². The molecule has 3 heterocycles. The van der Waals surface area contributed by atoms with Gasteiger partial charge in [0.1, 0.15) is 35.7 Å². The summed E-state index contributed by atoms with van der Waals surface area (Å²) in [4.78, 5) is 3.99. The molecule has 0 spiro atoms. The molecule has 92 valence electrons. The van der Waals surface area contributed by atoms with E-state index in [-0.39, 0.29) is 5.84 Å². The molecule has 2 aliphatic heterocycles. The van der Waals surface area contributed by atoms with Crippen molar-refractivity contribution in [3.63, 3.8) is 0 Å². The van der Waals surface area contributed by atoms with Gasteiger partial charge in [0.05, 0.1) is 6.33 Å². The molecule has 17 heavy (non-hydrogen) atoms. The van der Waals surface area contributed by atoms with Gasteiger partial charge in [-0.3, -0.25) is 9.98 Å². The van der Waals surface area contributed by atoms with Gasteiger partial charge in [-0.2, -0.15) is 0 Å². The molecule has 0 radical (unpaired) electrons. The number of anilines is 1. The highest BCUT2D eigenvalue weighted by atomic mass is 16.6. The second-order valence-electron chi connectivity index (χ2n) is 4.19. The fourth-order valence-electron chi connectivity index (χ4n) is 2.25. The Balaban J connectivity index is 2.07. The molecule has 8 nitrogen and oxygen atoms in total. The van der Waals surface area contributed by atoms with Crippen molar-refractivity contribution >= 4 is 11.7 Å². The zero-order valence-electron chi connectivity index (χ0n) is 8.87. The van der Waals surface area contributed by atoms with Crippen molar-refractivity contribution in [2.75, 3.05) is 11.9 Å². The number of rotatable bonds is 1. The zero-order chi connectivity index (χ0) is 12.2. The van der Waals surface area contributed by atoms with Crippen LogP contribution in [-0.2, 0) is 4.74 Å². The van der Waals surface area contributed by atoms with Crippen LogP contribution in [0.1, 0.15) is 11.9 Å². The second-order valence-corrected chi connectivity index (χ2v) is 4.19. The van der Waals surface area contributed by atoms with Crippen LogP contribution in [0.25, 0.3) is 0 Å². The minimum Gasteiger partial charge on any atom is -0.387 e. The number of hydrogen-bond acceptors (Lipinski definition) is 6. The number of amidine groups is 1. The number of aliphatic hydroxyl groups is 2. The molecule has 1 saturated heterocycles. The quantitative estimate of drug-likeness (QED) is 0.291. The number of hydrogen-bond donors (Lipinski definition) is 5. The lowest BCUT2D eigenvalue weighted by Gasteiger charge is -2.20. The number of nitrogens with zero attached hydrogens (tertiary/aromatic N) is 2. The zero-order valence-corrected chi connectivity index (χ0v) is 8.87. The normalized spacial score (nSPS) is 34.9. The summed E-state index contributed by atoms with van der Waals surface area (Å²) in [6.45, 7) is 0.334. The van der Waals surface area contributed by atoms with Crippen molar-refractivity contribution in [1.29, 1.82) is 5.41 Å². The van der Waals surface area contributed by atoms with E-state index in [4.69, 9.17) is 15.9 Å². The van der Waals surface area contributed by atoms with Gasteiger partial charge in [-0.1, -0.05) is 0 Å². The van der Waals surface area contributed by atoms with Gasteiger partial charge < -0.3 is 26.0 Å². The van der Waals surface area contributed by atoms with Crippen LogP contribution in [0.5, 0.6) is 0 Å². The van der Waals surface area contributed by atoms with E-state index in [2.05, 4.69) is 10.3 Å². The van der Waals surface area contributed by atoms with Gasteiger partial charge in [-0.15, -0.1) is 0 Å². The highest BCUT2D eigenvalue weighted by Gasteiger charge is 2.46. The third-order valence-corrected chi connectivity index (χ3v) is 3.13. The van der Waals surface area contributed by atoms with Crippen molar-refractivity contribution in [2.24, 2.45) is 5.73 Å². The minimum atomic E-state index is -1.00. The van der Waals surface area contributed by atoms with Gasteiger partial charge in [0.2, 0.25) is 0 Å². The monoisotopic (exact) mass is 239 g/mol. The molecule has 4 atom stereocenters. The molecular weight excluding hydrogens is 226 g/mol. The maximum Gasteiger partial charge on any atom is 0.165 e. The highest BCUT2D eigenvalue weighted by molar-refractivity contribution is 5.97. The predicted octanol–water partition coefficient (Wildman–Crippen LogP) is -1.79. The van der Waals surface area contributed by atoms with Crippen LogP contribution in [0.15, 0.2) is 6.33 Å². The molecule has 6 N–H and O–H groups in total. The SMILES string of the molecule is N=C(N)c1ncn2c1NC[C@H]1O[C@H]2C(O)[C@H]1O. The maximum absolute atomic E-state index is 9.85. The summed E-state index contributed by atoms with van der Waals surface area (Å²) in [6.07, 6.45) is -1.66. The fraction of sp³-hybridized carbons (Fsp3) is 0.556. The Labute approximate surface area is 96.5 Å². The lowest BCUT2D eigenvalue weighted by molar-refractivity contribution is -0.0282. The van der Waals surface area contributed by atoms with Crippen LogP contribution >= 0.6 is 0 Å². The third-order valence-electron chi connectivity index (χ3n) is 3.13. The lowest BCUT2D eigenvalue weighted by atomic mass is 10.1. The van der Waals surface area contributed by atoms with E-state index in [1.54, 1.807) is 4.57 Å². The molecule has 1 aromatic heterocycles. The first kappa shape index (κ1) is 10.5. The average Bonchev–Trinajstić information content (AvgIpc) is 2.75. The first-order valence-corrected chi connectivity index (χ1v) is 5.26. The van der Waals surface area contributed by atoms with Crippen LogP contribution < -0.4 is 11.1 Å². The minimum absolute atomic E-state index is 0.154. The van der Waals surface area contributed by atoms with Crippen molar-refractivity contribution in [2.45, 2.75) is 24.5 Å². The van der Waals surface area contributed by atoms with Crippen LogP contribution in [0.4, 0.5) is 5.82 Å². The Morgan fingerprint density at radius 3 is 3.06 bits per heavy atom. The molecule has 0 amide bonds. The Morgan fingerprint density at radius 1 is 1.59 bits per heavy atom. The molecule has 1 fully saturated rings. The van der Waals surface area contributed by atoms with Gasteiger partial charge >= 0.3 is 0 Å². The Morgan fingerprint density at radius 2 is 2.35 bits per heavy atom. The number of nitrogens with two attached hydrogens (primary N) is 1. The van der Waals surface area contributed by atoms with E-state index in [1.165, 1.54) is 6.33 Å². The summed E-state index contributed by atoms with van der Waals surface area (Å²) in [7, 11) is 0. The van der Waals surface area contributed by atoms with E-state index in [0.29, 0.717) is 18.1 Å². The van der Waals surface area contributed by atoms with Gasteiger partial charge in [-0.05, 0) is 0 Å². The molecular formula is C9H13N5O3. The van der Waals surface area contributed by atoms with Crippen molar-refractivity contribution in [3.05, 3.63) is 12.0 Å². The van der Waals surface area contributed by atoms with E-state index >= 15 is 0 Å². The summed E-state index contributed by atoms with van der Waals surface area (Å²) >= 11 is 0. The number of ether oxygens (including phenoxy) is 1. The summed E-state index contributed by atoms with van der Waals surface area (Å²) in [6, 6.07) is 0. The third kappa shape index (κ3) is 1.35. The van der Waals surface area contributed by atoms with Gasteiger partial charge in [-0.25, -0.2) is 4.98 Å². The van der Waals surface area contributed by atoms with E-state index < -0.39 is 24.5 Å². The number of aromatic nitrogens is 2. The molecule has 2 bridgehead atoms. The van der Waals surface area contributed by atoms with E-state index in [0.717, 1.165) is 0 Å². The highest BCUT2D eigenvalue weighted by Crippen LogP contribution is 2.35. The van der Waals surface area contributed by atoms with Crippen molar-refractivity contribution in [1.82, 2.24) is 9.55 Å². The molecule has 0 saturated carbocycles. The average molecular weight is 239 g/mol. The first-order chi connectivity index (χ1) is 8.09. The standard InChI is InChI=1S/C9H13N5O3/c10-7(11)4-8-12-1-3-5(15)6(16)9(17-3)14(8)2-13-4/h2-3,5-6,9,12,15-16H,1H2,(H3,10,11)/t3-,5+,6?,9+/m1/s1. The molecule has 1 unspecified atom stereocenters. The molecule has 2 aliphatic rings. The second kappa shape index (κ2) is 3.42. The van der Waals surface area contributed by atoms with Crippen LogP contribution in [0, 0.1) is 5.41 Å². The first-order valence-electron chi connectivity index (χ1n) is 5.26. The summed E-state index contributed by atoms with van der Waals surface area (Å²) in [5.41, 5.74) is 5.73. The lowest BCUT2D eigenvalue weighted by Crippen LogP contribution is -2.37. The van der Waals surface area contributed by atoms with Gasteiger partial charge in [0, 0.05) is 6.54 Å². The van der Waals surface area contributed by atoms with Gasteiger partial charge in [0.25, 0.3) is 0 Å². The Hall–Kier alpha value is -1.64. The molecule has 8 heteroatoms. The van der Waals surface area contributed by atoms with Crippen LogP contribution in [-0.4, -0.2) is 50.5 Å². The molecule has 1 aromatic rings. The maximum atomic E-state index is 9.85. The van der Waals surface area contributed by atoms with Crippen molar-refractivity contribution < 1.29 is 14.9 Å². The summed E-state index contributed by atoms with van der Waals surface area (Å²) < 4.78 is 7.07. The number of nitrogen functional groups attached to an aromatic ring is 1. The molecule has 3 rings (SSSR count). The number of fused-ring (bicyclic) bond motifs is 4. The number of imidazole rings is 1. The van der Waals surface area contributed by atoms with E-state index in [9.17, 15) is 10.2 Å². The number of nitrogens with one attached hydrogen (secondary N) is 2. The summed E-state index contributed by atoms with van der Waals surface area (Å²) in [5, 5.41) is 30.0. The van der Waals surface area contributed by atoms with Crippen LogP contribution in [0.3, 0.4) is 0 Å². The van der Waals surface area contributed by atoms with Gasteiger partial charge in [0.15, 0.2) is 6.23 Å². The topological polar surface area (TPSA) is 129 Å². The smallest absolute Gasteiger partial charge is 0.165 e. The Kier molecular flexibility index (Phi) is 2.12. The molecule has 0 aromatic carbocycles. The fourth-order valence-corrected chi connectivity index (χ4v) is 2.25. The largest absolute Gasteiger partial charge is 0.387 e. The van der Waals surface area contributed by atoms with Crippen molar-refractivity contribution in [3.8, 4) is 0 Å².